The number of aryl methyl sites for hydroxylation is 1. The number of nitrogens with two attached hydrogens (primary N) is 1. The highest BCUT2D eigenvalue weighted by molar-refractivity contribution is 5.77. The van der Waals surface area contributed by atoms with E-state index in [-0.39, 0.29) is 11.5 Å². The largest absolute Gasteiger partial charge is 0.480 e. The second-order valence-corrected chi connectivity index (χ2v) is 6.08. The fraction of sp³-hybridized carbons (Fsp3) is 0.562. The molecule has 0 aliphatic heterocycles. The molecule has 0 spiro atoms. The molecule has 0 bridgehead atoms. The van der Waals surface area contributed by atoms with Crippen LogP contribution in [0.15, 0.2) is 24.3 Å². The molecule has 1 rings (SSSR count). The van der Waals surface area contributed by atoms with Gasteiger partial charge in [0.2, 0.25) is 0 Å². The molecule has 1 aromatic rings. The van der Waals surface area contributed by atoms with Gasteiger partial charge in [0.25, 0.3) is 0 Å². The Morgan fingerprint density at radius 1 is 1.32 bits per heavy atom. The van der Waals surface area contributed by atoms with Crippen LogP contribution in [0.5, 0.6) is 0 Å². The van der Waals surface area contributed by atoms with Crippen molar-refractivity contribution in [3.63, 3.8) is 0 Å². The molecular weight excluding hydrogens is 295 g/mol. The number of halogens is 3. The van der Waals surface area contributed by atoms with E-state index < -0.39 is 23.2 Å². The minimum absolute atomic E-state index is 0.0316. The molecule has 0 aromatic heterocycles. The predicted molar refractivity (Wildman–Crippen MR) is 78.4 cm³/mol. The van der Waals surface area contributed by atoms with Gasteiger partial charge < -0.3 is 10.8 Å². The van der Waals surface area contributed by atoms with Gasteiger partial charge in [-0.1, -0.05) is 31.5 Å². The quantitative estimate of drug-likeness (QED) is 0.803. The summed E-state index contributed by atoms with van der Waals surface area (Å²) in [5, 5.41) is 8.97. The molecule has 22 heavy (non-hydrogen) atoms. The summed E-state index contributed by atoms with van der Waals surface area (Å²) in [6.07, 6.45) is -2.55. The lowest BCUT2D eigenvalue weighted by molar-refractivity contribution is -0.143. The van der Waals surface area contributed by atoms with E-state index in [1.807, 2.05) is 6.92 Å². The first kappa shape index (κ1) is 18.5. The molecule has 0 radical (unpaired) electrons. The molecule has 6 heteroatoms. The number of hydrogen-bond donors (Lipinski definition) is 2. The van der Waals surface area contributed by atoms with Gasteiger partial charge in [0.05, 0.1) is 5.56 Å². The van der Waals surface area contributed by atoms with Crippen molar-refractivity contribution in [1.82, 2.24) is 0 Å². The number of aliphatic carboxylic acids is 1. The van der Waals surface area contributed by atoms with Gasteiger partial charge in [0.15, 0.2) is 0 Å². The molecule has 0 amide bonds. The van der Waals surface area contributed by atoms with Gasteiger partial charge in [-0.15, -0.1) is 0 Å². The number of carboxylic acids is 1. The lowest BCUT2D eigenvalue weighted by atomic mass is 9.87. The lowest BCUT2D eigenvalue weighted by Gasteiger charge is -2.23. The van der Waals surface area contributed by atoms with Crippen LogP contribution < -0.4 is 5.73 Å². The summed E-state index contributed by atoms with van der Waals surface area (Å²) in [7, 11) is 0. The molecule has 1 aromatic carbocycles. The first-order chi connectivity index (χ1) is 10.0. The predicted octanol–water partition coefficient (Wildman–Crippen LogP) is 3.86. The van der Waals surface area contributed by atoms with Gasteiger partial charge in [-0.3, -0.25) is 4.79 Å². The van der Waals surface area contributed by atoms with Gasteiger partial charge in [-0.25, -0.2) is 0 Å². The third-order valence-electron chi connectivity index (χ3n) is 3.73. The van der Waals surface area contributed by atoms with E-state index in [2.05, 4.69) is 0 Å². The first-order valence-corrected chi connectivity index (χ1v) is 7.21. The highest BCUT2D eigenvalue weighted by Gasteiger charge is 2.33. The number of carbonyl (C=O) groups is 1. The molecule has 0 heterocycles. The number of carboxylic acid groups (broad SMARTS) is 1. The third-order valence-corrected chi connectivity index (χ3v) is 3.73. The zero-order valence-electron chi connectivity index (χ0n) is 12.8. The number of rotatable bonds is 7. The molecule has 3 nitrogen and oxygen atoms in total. The Bertz CT molecular complexity index is 512. The van der Waals surface area contributed by atoms with E-state index in [9.17, 15) is 18.0 Å². The maximum Gasteiger partial charge on any atom is 0.416 e. The van der Waals surface area contributed by atoms with Crippen molar-refractivity contribution in [2.24, 2.45) is 11.7 Å². The van der Waals surface area contributed by atoms with E-state index in [0.29, 0.717) is 25.7 Å². The highest BCUT2D eigenvalue weighted by atomic mass is 19.4. The Balaban J connectivity index is 2.57. The molecule has 2 atom stereocenters. The van der Waals surface area contributed by atoms with Crippen molar-refractivity contribution < 1.29 is 23.1 Å². The summed E-state index contributed by atoms with van der Waals surface area (Å²) < 4.78 is 38.6. The van der Waals surface area contributed by atoms with Crippen molar-refractivity contribution in [3.05, 3.63) is 35.4 Å². The summed E-state index contributed by atoms with van der Waals surface area (Å²) in [4.78, 5) is 11.0. The fourth-order valence-electron chi connectivity index (χ4n) is 2.57. The van der Waals surface area contributed by atoms with Crippen LogP contribution in [0.3, 0.4) is 0 Å². The van der Waals surface area contributed by atoms with E-state index >= 15 is 0 Å². The third kappa shape index (κ3) is 5.33. The van der Waals surface area contributed by atoms with Crippen LogP contribution in [0.4, 0.5) is 13.2 Å². The maximum absolute atomic E-state index is 12.9. The Labute approximate surface area is 128 Å². The average Bonchev–Trinajstić information content (AvgIpc) is 2.37. The second kappa shape index (κ2) is 7.13. The van der Waals surface area contributed by atoms with Gasteiger partial charge >= 0.3 is 12.1 Å². The van der Waals surface area contributed by atoms with Gasteiger partial charge in [0.1, 0.15) is 5.54 Å². The van der Waals surface area contributed by atoms with Crippen LogP contribution >= 0.6 is 0 Å². The monoisotopic (exact) mass is 317 g/mol. The van der Waals surface area contributed by atoms with Crippen LogP contribution in [-0.2, 0) is 17.4 Å². The SMILES string of the molecule is CC(CCCc1ccccc1C(F)(F)F)CC(C)(N)C(=O)O. The van der Waals surface area contributed by atoms with E-state index in [0.717, 1.165) is 6.07 Å². The van der Waals surface area contributed by atoms with Gasteiger partial charge in [-0.05, 0) is 43.7 Å². The molecule has 0 saturated heterocycles. The average molecular weight is 317 g/mol. The van der Waals surface area contributed by atoms with Crippen LogP contribution in [0.1, 0.15) is 44.2 Å². The fourth-order valence-corrected chi connectivity index (χ4v) is 2.57. The van der Waals surface area contributed by atoms with Crippen molar-refractivity contribution in [1.29, 1.82) is 0 Å². The van der Waals surface area contributed by atoms with Crippen LogP contribution in [0.25, 0.3) is 0 Å². The van der Waals surface area contributed by atoms with E-state index in [4.69, 9.17) is 10.8 Å². The standard InChI is InChI=1S/C16H22F3NO2/c1-11(10-15(2,20)14(21)22)6-5-8-12-7-3-4-9-13(12)16(17,18)19/h3-4,7,9,11H,5-6,8,10,20H2,1-2H3,(H,21,22). The van der Waals surface area contributed by atoms with E-state index in [1.165, 1.54) is 19.1 Å². The molecule has 0 saturated carbocycles. The lowest BCUT2D eigenvalue weighted by Crippen LogP contribution is -2.46. The molecule has 0 aliphatic carbocycles. The number of hydrogen-bond acceptors (Lipinski definition) is 2. The van der Waals surface area contributed by atoms with Crippen molar-refractivity contribution in [2.75, 3.05) is 0 Å². The maximum atomic E-state index is 12.9. The first-order valence-electron chi connectivity index (χ1n) is 7.21. The Kier molecular flexibility index (Phi) is 6.00. The van der Waals surface area contributed by atoms with E-state index in [1.54, 1.807) is 6.07 Å². The molecule has 124 valence electrons. The molecule has 0 fully saturated rings. The molecule has 0 aliphatic rings. The Morgan fingerprint density at radius 3 is 2.45 bits per heavy atom. The zero-order chi connectivity index (χ0) is 17.0. The van der Waals surface area contributed by atoms with Gasteiger partial charge in [0, 0.05) is 0 Å². The second-order valence-electron chi connectivity index (χ2n) is 6.08. The Morgan fingerprint density at radius 2 is 1.91 bits per heavy atom. The highest BCUT2D eigenvalue weighted by Crippen LogP contribution is 2.32. The van der Waals surface area contributed by atoms with Crippen molar-refractivity contribution in [2.45, 2.75) is 51.2 Å². The minimum atomic E-state index is -4.35. The summed E-state index contributed by atoms with van der Waals surface area (Å²) in [6, 6.07) is 5.54. The summed E-state index contributed by atoms with van der Waals surface area (Å²) in [6.45, 7) is 3.31. The normalized spacial score (nSPS) is 16.1. The van der Waals surface area contributed by atoms with Crippen LogP contribution in [0.2, 0.25) is 0 Å². The molecule has 2 unspecified atom stereocenters. The number of benzene rings is 1. The smallest absolute Gasteiger partial charge is 0.416 e. The van der Waals surface area contributed by atoms with Crippen LogP contribution in [-0.4, -0.2) is 16.6 Å². The Hall–Kier alpha value is -1.56. The van der Waals surface area contributed by atoms with Crippen molar-refractivity contribution >= 4 is 5.97 Å². The summed E-state index contributed by atoms with van der Waals surface area (Å²) in [5.74, 6) is -1.04. The minimum Gasteiger partial charge on any atom is -0.480 e. The molecular formula is C16H22F3NO2. The van der Waals surface area contributed by atoms with Crippen molar-refractivity contribution in [3.8, 4) is 0 Å². The summed E-state index contributed by atoms with van der Waals surface area (Å²) in [5.41, 5.74) is 4.05. The number of alkyl halides is 3. The van der Waals surface area contributed by atoms with Gasteiger partial charge in [-0.2, -0.15) is 13.2 Å². The van der Waals surface area contributed by atoms with Crippen LogP contribution in [0, 0.1) is 5.92 Å². The zero-order valence-corrected chi connectivity index (χ0v) is 12.8. The molecule has 3 N–H and O–H groups in total. The topological polar surface area (TPSA) is 63.3 Å². The summed E-state index contributed by atoms with van der Waals surface area (Å²) >= 11 is 0.